The molecule has 2 aliphatic heterocycles. The molecule has 7 nitrogen and oxygen atoms in total. The molecule has 0 unspecified atom stereocenters. The first-order valence-corrected chi connectivity index (χ1v) is 9.13. The minimum atomic E-state index is -0.241. The molecule has 0 bridgehead atoms. The van der Waals surface area contributed by atoms with Crippen LogP contribution in [-0.2, 0) is 16.1 Å². The third kappa shape index (κ3) is 3.19. The minimum Gasteiger partial charge on any atom is -0.467 e. The third-order valence-electron chi connectivity index (χ3n) is 4.79. The van der Waals surface area contributed by atoms with Crippen LogP contribution in [0.1, 0.15) is 21.3 Å². The predicted octanol–water partition coefficient (Wildman–Crippen LogP) is 1.45. The number of ether oxygens (including phenoxy) is 1. The van der Waals surface area contributed by atoms with Crippen molar-refractivity contribution in [1.82, 2.24) is 15.2 Å². The SMILES string of the molecule is Cc1nc(C(=O)N2C[C@@H]3[C@@H](C(=O)NCc4ccco4)CO[C@@H]3C2)cs1. The van der Waals surface area contributed by atoms with E-state index in [1.54, 1.807) is 22.6 Å². The Hall–Kier alpha value is -2.19. The molecule has 2 aliphatic rings. The van der Waals surface area contributed by atoms with E-state index in [9.17, 15) is 9.59 Å². The third-order valence-corrected chi connectivity index (χ3v) is 5.57. The number of carbonyl (C=O) groups is 2. The van der Waals surface area contributed by atoms with E-state index in [0.29, 0.717) is 37.7 Å². The molecule has 2 fully saturated rings. The first-order valence-electron chi connectivity index (χ1n) is 8.25. The monoisotopic (exact) mass is 361 g/mol. The van der Waals surface area contributed by atoms with Gasteiger partial charge in [-0.05, 0) is 19.1 Å². The van der Waals surface area contributed by atoms with Gasteiger partial charge in [-0.3, -0.25) is 9.59 Å². The average Bonchev–Trinajstić information content (AvgIpc) is 3.35. The van der Waals surface area contributed by atoms with Crippen molar-refractivity contribution >= 4 is 23.2 Å². The number of likely N-dealkylation sites (tertiary alicyclic amines) is 1. The zero-order chi connectivity index (χ0) is 17.4. The highest BCUT2D eigenvalue weighted by molar-refractivity contribution is 7.09. The fraction of sp³-hybridized carbons (Fsp3) is 0.471. The van der Waals surface area contributed by atoms with E-state index < -0.39 is 0 Å². The lowest BCUT2D eigenvalue weighted by Gasteiger charge is -2.18. The second-order valence-corrected chi connectivity index (χ2v) is 7.46. The zero-order valence-corrected chi connectivity index (χ0v) is 14.6. The van der Waals surface area contributed by atoms with Crippen molar-refractivity contribution < 1.29 is 18.7 Å². The van der Waals surface area contributed by atoms with Crippen molar-refractivity contribution in [2.75, 3.05) is 19.7 Å². The van der Waals surface area contributed by atoms with Crippen molar-refractivity contribution in [1.29, 1.82) is 0 Å². The van der Waals surface area contributed by atoms with Crippen molar-refractivity contribution in [2.24, 2.45) is 11.8 Å². The Bertz CT molecular complexity index is 773. The maximum Gasteiger partial charge on any atom is 0.273 e. The summed E-state index contributed by atoms with van der Waals surface area (Å²) in [5.41, 5.74) is 0.473. The minimum absolute atomic E-state index is 0.0280. The Morgan fingerprint density at radius 2 is 2.32 bits per heavy atom. The summed E-state index contributed by atoms with van der Waals surface area (Å²) in [4.78, 5) is 31.0. The summed E-state index contributed by atoms with van der Waals surface area (Å²) in [7, 11) is 0. The van der Waals surface area contributed by atoms with Crippen molar-refractivity contribution in [3.8, 4) is 0 Å². The molecule has 0 aromatic carbocycles. The number of nitrogens with zero attached hydrogens (tertiary/aromatic N) is 2. The van der Waals surface area contributed by atoms with E-state index in [-0.39, 0.29) is 29.8 Å². The Balaban J connectivity index is 1.37. The van der Waals surface area contributed by atoms with E-state index in [1.165, 1.54) is 11.3 Å². The maximum atomic E-state index is 12.6. The van der Waals surface area contributed by atoms with Crippen LogP contribution in [0.25, 0.3) is 0 Å². The van der Waals surface area contributed by atoms with Crippen LogP contribution in [0.4, 0.5) is 0 Å². The number of rotatable bonds is 4. The van der Waals surface area contributed by atoms with E-state index in [1.807, 2.05) is 13.0 Å². The van der Waals surface area contributed by atoms with Crippen LogP contribution in [0, 0.1) is 18.8 Å². The second kappa shape index (κ2) is 6.61. The van der Waals surface area contributed by atoms with Crippen LogP contribution in [0.3, 0.4) is 0 Å². The topological polar surface area (TPSA) is 84.7 Å². The summed E-state index contributed by atoms with van der Waals surface area (Å²) >= 11 is 1.46. The molecule has 25 heavy (non-hydrogen) atoms. The summed E-state index contributed by atoms with van der Waals surface area (Å²) < 4.78 is 11.0. The van der Waals surface area contributed by atoms with Gasteiger partial charge in [-0.2, -0.15) is 0 Å². The standard InChI is InChI=1S/C17H19N3O4S/c1-10-19-14(9-25-10)17(22)20-6-12-13(8-24-15(12)7-20)16(21)18-5-11-3-2-4-23-11/h2-4,9,12-13,15H,5-8H2,1H3,(H,18,21)/t12-,13+,15-/m1/s1. The molecular formula is C17H19N3O4S. The van der Waals surface area contributed by atoms with Crippen LogP contribution >= 0.6 is 11.3 Å². The number of aryl methyl sites for hydroxylation is 1. The van der Waals surface area contributed by atoms with E-state index in [0.717, 1.165) is 5.01 Å². The molecule has 0 spiro atoms. The Labute approximate surface area is 149 Å². The molecule has 0 aliphatic carbocycles. The van der Waals surface area contributed by atoms with Crippen molar-refractivity contribution in [3.05, 3.63) is 40.2 Å². The number of hydrogen-bond acceptors (Lipinski definition) is 6. The smallest absolute Gasteiger partial charge is 0.273 e. The summed E-state index contributed by atoms with van der Waals surface area (Å²) in [5, 5.41) is 5.54. The number of furan rings is 1. The fourth-order valence-corrected chi connectivity index (χ4v) is 4.08. The van der Waals surface area contributed by atoms with Crippen LogP contribution in [-0.4, -0.2) is 47.5 Å². The predicted molar refractivity (Wildman–Crippen MR) is 90.0 cm³/mol. The largest absolute Gasteiger partial charge is 0.467 e. The lowest BCUT2D eigenvalue weighted by atomic mass is 9.92. The van der Waals surface area contributed by atoms with Gasteiger partial charge in [0.1, 0.15) is 11.5 Å². The number of amides is 2. The molecule has 3 atom stereocenters. The molecule has 132 valence electrons. The average molecular weight is 361 g/mol. The maximum absolute atomic E-state index is 12.6. The summed E-state index contributed by atoms with van der Waals surface area (Å²) in [6, 6.07) is 3.61. The summed E-state index contributed by atoms with van der Waals surface area (Å²) in [5.74, 6) is 0.362. The van der Waals surface area contributed by atoms with Crippen molar-refractivity contribution in [3.63, 3.8) is 0 Å². The van der Waals surface area contributed by atoms with Crippen LogP contribution in [0.5, 0.6) is 0 Å². The first kappa shape index (κ1) is 16.3. The van der Waals surface area contributed by atoms with Gasteiger partial charge in [0.2, 0.25) is 5.91 Å². The van der Waals surface area contributed by atoms with Gasteiger partial charge < -0.3 is 19.4 Å². The van der Waals surface area contributed by atoms with Gasteiger partial charge in [0.25, 0.3) is 5.91 Å². The second-order valence-electron chi connectivity index (χ2n) is 6.40. The molecule has 4 rings (SSSR count). The molecule has 8 heteroatoms. The van der Waals surface area contributed by atoms with Gasteiger partial charge in [0, 0.05) is 24.4 Å². The van der Waals surface area contributed by atoms with Gasteiger partial charge in [-0.1, -0.05) is 0 Å². The van der Waals surface area contributed by atoms with Gasteiger partial charge in [-0.15, -0.1) is 11.3 Å². The lowest BCUT2D eigenvalue weighted by Crippen LogP contribution is -2.37. The van der Waals surface area contributed by atoms with Gasteiger partial charge in [0.15, 0.2) is 0 Å². The van der Waals surface area contributed by atoms with E-state index >= 15 is 0 Å². The fourth-order valence-electron chi connectivity index (χ4n) is 3.49. The number of fused-ring (bicyclic) bond motifs is 1. The molecule has 4 heterocycles. The summed E-state index contributed by atoms with van der Waals surface area (Å²) in [6.45, 7) is 3.68. The highest BCUT2D eigenvalue weighted by atomic mass is 32.1. The highest BCUT2D eigenvalue weighted by Crippen LogP contribution is 2.34. The molecule has 0 radical (unpaired) electrons. The number of hydrogen-bond donors (Lipinski definition) is 1. The first-order chi connectivity index (χ1) is 12.1. The van der Waals surface area contributed by atoms with Crippen LogP contribution in [0.15, 0.2) is 28.2 Å². The normalized spacial score (nSPS) is 25.2. The van der Waals surface area contributed by atoms with Crippen LogP contribution < -0.4 is 5.32 Å². The van der Waals surface area contributed by atoms with Gasteiger partial charge in [0.05, 0.1) is 36.4 Å². The molecule has 2 aromatic heterocycles. The van der Waals surface area contributed by atoms with E-state index in [2.05, 4.69) is 10.3 Å². The molecule has 2 saturated heterocycles. The Morgan fingerprint density at radius 3 is 3.04 bits per heavy atom. The number of nitrogens with one attached hydrogen (secondary N) is 1. The number of carbonyl (C=O) groups excluding carboxylic acids is 2. The molecule has 0 saturated carbocycles. The molecule has 2 amide bonds. The number of aromatic nitrogens is 1. The molecular weight excluding hydrogens is 342 g/mol. The van der Waals surface area contributed by atoms with E-state index in [4.69, 9.17) is 9.15 Å². The molecule has 2 aromatic rings. The molecule has 1 N–H and O–H groups in total. The Kier molecular flexibility index (Phi) is 4.30. The van der Waals surface area contributed by atoms with Gasteiger partial charge in [-0.25, -0.2) is 4.98 Å². The van der Waals surface area contributed by atoms with Gasteiger partial charge >= 0.3 is 0 Å². The van der Waals surface area contributed by atoms with Crippen molar-refractivity contribution in [2.45, 2.75) is 19.6 Å². The Morgan fingerprint density at radius 1 is 1.44 bits per heavy atom. The lowest BCUT2D eigenvalue weighted by molar-refractivity contribution is -0.126. The quantitative estimate of drug-likeness (QED) is 0.891. The zero-order valence-electron chi connectivity index (χ0n) is 13.8. The van der Waals surface area contributed by atoms with Crippen LogP contribution in [0.2, 0.25) is 0 Å². The highest BCUT2D eigenvalue weighted by Gasteiger charge is 2.48. The number of thiazole rings is 1. The summed E-state index contributed by atoms with van der Waals surface area (Å²) in [6.07, 6.45) is 1.50.